The molecule has 0 radical (unpaired) electrons. The van der Waals surface area contributed by atoms with Gasteiger partial charge in [0.2, 0.25) is 5.95 Å². The van der Waals surface area contributed by atoms with Gasteiger partial charge in [-0.05, 0) is 75.6 Å². The molecule has 2 aromatic carbocycles. The van der Waals surface area contributed by atoms with Crippen LogP contribution in [0.4, 0.5) is 15.1 Å². The van der Waals surface area contributed by atoms with Crippen molar-refractivity contribution in [2.75, 3.05) is 37.7 Å². The van der Waals surface area contributed by atoms with Gasteiger partial charge in [0.15, 0.2) is 5.75 Å². The van der Waals surface area contributed by atoms with Crippen molar-refractivity contribution < 1.29 is 31.6 Å². The van der Waals surface area contributed by atoms with Crippen LogP contribution in [0.5, 0.6) is 5.75 Å². The maximum absolute atomic E-state index is 14.2. The van der Waals surface area contributed by atoms with Gasteiger partial charge < -0.3 is 25.0 Å². The van der Waals surface area contributed by atoms with E-state index in [4.69, 9.17) is 19.8 Å². The zero-order valence-corrected chi connectivity index (χ0v) is 28.3. The van der Waals surface area contributed by atoms with Gasteiger partial charge >= 0.3 is 6.09 Å². The number of aromatic nitrogens is 2. The van der Waals surface area contributed by atoms with Crippen LogP contribution in [0.25, 0.3) is 0 Å². The maximum Gasteiger partial charge on any atom is 0.410 e. The Hall–Kier alpha value is -3.81. The van der Waals surface area contributed by atoms with Gasteiger partial charge in [-0.25, -0.2) is 19.2 Å². The lowest BCUT2D eigenvalue weighted by Crippen LogP contribution is -2.41. The summed E-state index contributed by atoms with van der Waals surface area (Å²) in [5.41, 5.74) is 7.92. The third kappa shape index (κ3) is 10.3. The molecule has 1 amide bonds. The molecule has 2 aliphatic heterocycles. The summed E-state index contributed by atoms with van der Waals surface area (Å²) in [5.74, 6) is 1.95. The van der Waals surface area contributed by atoms with Crippen molar-refractivity contribution in [3.05, 3.63) is 77.9 Å². The maximum atomic E-state index is 14.2. The van der Waals surface area contributed by atoms with Gasteiger partial charge in [0.1, 0.15) is 5.82 Å². The van der Waals surface area contributed by atoms with Crippen LogP contribution >= 0.6 is 0 Å². The van der Waals surface area contributed by atoms with Crippen molar-refractivity contribution in [3.8, 4) is 5.75 Å². The van der Waals surface area contributed by atoms with Crippen LogP contribution in [0, 0.1) is 24.6 Å². The number of aryl methyl sites for hydroxylation is 1. The molecule has 2 fully saturated rings. The number of halogens is 1. The van der Waals surface area contributed by atoms with Gasteiger partial charge in [0, 0.05) is 38.1 Å². The van der Waals surface area contributed by atoms with Crippen molar-refractivity contribution in [1.82, 2.24) is 14.9 Å². The van der Waals surface area contributed by atoms with Crippen molar-refractivity contribution >= 4 is 22.2 Å². The predicted octanol–water partition coefficient (Wildman–Crippen LogP) is 5.45. The second-order valence-electron chi connectivity index (χ2n) is 12.6. The van der Waals surface area contributed by atoms with E-state index >= 15 is 0 Å². The minimum atomic E-state index is -4.02. The lowest BCUT2D eigenvalue weighted by Gasteiger charge is -2.34. The lowest BCUT2D eigenvalue weighted by atomic mass is 9.84. The van der Waals surface area contributed by atoms with Crippen molar-refractivity contribution in [3.63, 3.8) is 0 Å². The Bertz CT molecular complexity index is 1550. The first-order valence-corrected chi connectivity index (χ1v) is 17.4. The molecule has 0 bridgehead atoms. The Morgan fingerprint density at radius 2 is 1.68 bits per heavy atom. The molecular weight excluding hydrogens is 625 g/mol. The van der Waals surface area contributed by atoms with Gasteiger partial charge in [-0.2, -0.15) is 8.42 Å². The first-order chi connectivity index (χ1) is 22.3. The number of nitrogens with two attached hydrogens (primary N) is 1. The molecule has 3 heterocycles. The van der Waals surface area contributed by atoms with E-state index in [1.165, 1.54) is 18.2 Å². The fraction of sp³-hybridized carbons (Fsp3) is 0.500. The highest BCUT2D eigenvalue weighted by atomic mass is 32.2. The average molecular weight is 672 g/mol. The van der Waals surface area contributed by atoms with E-state index in [-0.39, 0.29) is 34.9 Å². The SMILES string of the molecule is CC(C)OC(=O)N1CCC([C@H](C)CCOc2cnc(N3C[C@@H](N)[C@H](c4ccccc4F)C3)nc2)CC1.Cc1ccc(S(=O)(=O)O)cc1. The van der Waals surface area contributed by atoms with Gasteiger partial charge in [0.25, 0.3) is 10.1 Å². The van der Waals surface area contributed by atoms with Crippen LogP contribution in [0.2, 0.25) is 0 Å². The predicted molar refractivity (Wildman–Crippen MR) is 178 cm³/mol. The highest BCUT2D eigenvalue weighted by Gasteiger charge is 2.34. The number of benzene rings is 2. The number of hydrogen-bond donors (Lipinski definition) is 2. The van der Waals surface area contributed by atoms with E-state index in [1.807, 2.05) is 36.6 Å². The Labute approximate surface area is 277 Å². The third-order valence-corrected chi connectivity index (χ3v) is 9.53. The van der Waals surface area contributed by atoms with E-state index in [0.717, 1.165) is 37.9 Å². The number of nitrogens with zero attached hydrogens (tertiary/aromatic N) is 4. The second kappa shape index (κ2) is 16.3. The van der Waals surface area contributed by atoms with Crippen molar-refractivity contribution in [2.45, 2.75) is 69.9 Å². The van der Waals surface area contributed by atoms with Crippen LogP contribution in [-0.4, -0.2) is 78.9 Å². The van der Waals surface area contributed by atoms with E-state index in [0.29, 0.717) is 48.8 Å². The molecule has 0 aliphatic carbocycles. The van der Waals surface area contributed by atoms with Crippen LogP contribution in [0.1, 0.15) is 57.1 Å². The lowest BCUT2D eigenvalue weighted by molar-refractivity contribution is 0.0596. The molecule has 5 rings (SSSR count). The van der Waals surface area contributed by atoms with E-state index < -0.39 is 10.1 Å². The molecule has 11 nitrogen and oxygen atoms in total. The molecule has 2 saturated heterocycles. The number of likely N-dealkylation sites (tertiary alicyclic amines) is 1. The summed E-state index contributed by atoms with van der Waals surface area (Å²) in [6.07, 6.45) is 5.97. The Morgan fingerprint density at radius 1 is 1.04 bits per heavy atom. The molecule has 3 N–H and O–H groups in total. The van der Waals surface area contributed by atoms with Gasteiger partial charge in [-0.3, -0.25) is 4.55 Å². The average Bonchev–Trinajstić information content (AvgIpc) is 3.42. The number of anilines is 1. The zero-order valence-electron chi connectivity index (χ0n) is 27.5. The zero-order chi connectivity index (χ0) is 34.1. The first-order valence-electron chi connectivity index (χ1n) is 16.0. The van der Waals surface area contributed by atoms with Crippen LogP contribution in [-0.2, 0) is 14.9 Å². The van der Waals surface area contributed by atoms with Crippen LogP contribution in [0.3, 0.4) is 0 Å². The molecular formula is C34H46FN5O6S. The summed E-state index contributed by atoms with van der Waals surface area (Å²) < 4.78 is 55.0. The molecule has 256 valence electrons. The molecule has 13 heteroatoms. The minimum absolute atomic E-state index is 0.0666. The molecule has 3 aromatic rings. The van der Waals surface area contributed by atoms with Gasteiger partial charge in [-0.1, -0.05) is 42.8 Å². The third-order valence-electron chi connectivity index (χ3n) is 8.67. The first kappa shape index (κ1) is 36.0. The molecule has 0 spiro atoms. The largest absolute Gasteiger partial charge is 0.490 e. The Kier molecular flexibility index (Phi) is 12.5. The van der Waals surface area contributed by atoms with Crippen molar-refractivity contribution in [2.24, 2.45) is 17.6 Å². The number of amides is 1. The minimum Gasteiger partial charge on any atom is -0.490 e. The fourth-order valence-corrected chi connectivity index (χ4v) is 6.36. The monoisotopic (exact) mass is 671 g/mol. The number of carbonyl (C=O) groups is 1. The molecule has 47 heavy (non-hydrogen) atoms. The highest BCUT2D eigenvalue weighted by molar-refractivity contribution is 7.85. The fourth-order valence-electron chi connectivity index (χ4n) is 5.88. The molecule has 1 aromatic heterocycles. The van der Waals surface area contributed by atoms with E-state index in [2.05, 4.69) is 16.9 Å². The van der Waals surface area contributed by atoms with E-state index in [9.17, 15) is 17.6 Å². The topological polar surface area (TPSA) is 148 Å². The number of rotatable bonds is 9. The highest BCUT2D eigenvalue weighted by Crippen LogP contribution is 2.31. The Balaban J connectivity index is 0.000000385. The quantitative estimate of drug-likeness (QED) is 0.281. The van der Waals surface area contributed by atoms with Gasteiger partial charge in [0.05, 0.1) is 30.0 Å². The molecule has 0 unspecified atom stereocenters. The van der Waals surface area contributed by atoms with E-state index in [1.54, 1.807) is 36.7 Å². The number of ether oxygens (including phenoxy) is 2. The smallest absolute Gasteiger partial charge is 0.410 e. The summed E-state index contributed by atoms with van der Waals surface area (Å²) in [4.78, 5) is 24.8. The number of hydrogen-bond acceptors (Lipinski definition) is 9. The summed E-state index contributed by atoms with van der Waals surface area (Å²) in [6, 6.07) is 12.6. The van der Waals surface area contributed by atoms with Gasteiger partial charge in [-0.15, -0.1) is 0 Å². The Morgan fingerprint density at radius 3 is 2.28 bits per heavy atom. The molecule has 3 atom stereocenters. The van der Waals surface area contributed by atoms with Crippen molar-refractivity contribution in [1.29, 1.82) is 0 Å². The molecule has 2 aliphatic rings. The van der Waals surface area contributed by atoms with Crippen LogP contribution in [0.15, 0.2) is 65.8 Å². The molecule has 0 saturated carbocycles. The number of piperidine rings is 1. The van der Waals surface area contributed by atoms with Crippen LogP contribution < -0.4 is 15.4 Å². The second-order valence-corrected chi connectivity index (χ2v) is 14.0. The summed E-state index contributed by atoms with van der Waals surface area (Å²) >= 11 is 0. The summed E-state index contributed by atoms with van der Waals surface area (Å²) in [5, 5.41) is 0. The summed E-state index contributed by atoms with van der Waals surface area (Å²) in [7, 11) is -4.02. The summed E-state index contributed by atoms with van der Waals surface area (Å²) in [6.45, 7) is 11.1. The standard InChI is InChI=1S/C27H38FN5O3.C7H8O3S/c1-18(2)36-27(34)32-11-8-20(9-12-32)19(3)10-13-35-21-14-30-26(31-15-21)33-16-23(25(29)17-33)22-6-4-5-7-24(22)28;1-6-2-4-7(5-3-6)11(8,9)10/h4-7,14-15,18-20,23,25H,8-13,16-17,29H2,1-3H3;2-5H,1H3,(H,8,9,10)/t19-,23+,25-;/m1./s1. The number of carbonyl (C=O) groups excluding carboxylic acids is 1. The normalized spacial score (nSPS) is 19.2.